The van der Waals surface area contributed by atoms with E-state index in [4.69, 9.17) is 29.0 Å². The van der Waals surface area contributed by atoms with Crippen molar-refractivity contribution in [3.8, 4) is 11.5 Å². The third-order valence-electron chi connectivity index (χ3n) is 12.2. The highest BCUT2D eigenvalue weighted by molar-refractivity contribution is 7.93. The molecule has 18 heteroatoms. The maximum Gasteiger partial charge on any atom is 0.407 e. The number of sulfonamides is 1. The summed E-state index contributed by atoms with van der Waals surface area (Å²) in [6.45, 7) is 8.23. The van der Waals surface area contributed by atoms with Gasteiger partial charge in [0.25, 0.3) is 21.7 Å². The fourth-order valence-electron chi connectivity index (χ4n) is 8.74. The van der Waals surface area contributed by atoms with E-state index in [1.54, 1.807) is 43.3 Å². The summed E-state index contributed by atoms with van der Waals surface area (Å²) >= 11 is 0. The van der Waals surface area contributed by atoms with E-state index < -0.39 is 64.5 Å². The van der Waals surface area contributed by atoms with Crippen LogP contribution in [0.3, 0.4) is 0 Å². The van der Waals surface area contributed by atoms with Crippen molar-refractivity contribution in [1.29, 1.82) is 0 Å². The molecular formula is C51H60N5O12S+. The normalized spacial score (nSPS) is 20.2. The number of fused-ring (bicyclic) bond motifs is 1. The summed E-state index contributed by atoms with van der Waals surface area (Å²) in [6, 6.07) is 19.0. The number of aliphatic hydroxyl groups is 1. The van der Waals surface area contributed by atoms with Gasteiger partial charge in [0.15, 0.2) is 5.76 Å². The highest BCUT2D eigenvalue weighted by atomic mass is 32.2. The van der Waals surface area contributed by atoms with Crippen molar-refractivity contribution in [2.75, 3.05) is 19.7 Å². The highest BCUT2D eigenvalue weighted by Gasteiger charge is 2.43. The summed E-state index contributed by atoms with van der Waals surface area (Å²) in [6.07, 6.45) is 6.02. The van der Waals surface area contributed by atoms with E-state index in [2.05, 4.69) is 21.9 Å². The second-order valence-corrected chi connectivity index (χ2v) is 19.4. The number of likely N-dealkylation sites (tertiary alicyclic amines) is 1. The number of aliphatic hydroxyl groups excluding tert-OH is 1. The largest absolute Gasteiger partial charge is 0.593 e. The molecule has 0 radical (unpaired) electrons. The second kappa shape index (κ2) is 22.4. The monoisotopic (exact) mass is 966 g/mol. The summed E-state index contributed by atoms with van der Waals surface area (Å²) < 4.78 is 53.2. The van der Waals surface area contributed by atoms with Crippen LogP contribution in [0.5, 0.6) is 11.5 Å². The maximum absolute atomic E-state index is 14.7. The summed E-state index contributed by atoms with van der Waals surface area (Å²) in [4.78, 5) is 61.8. The van der Waals surface area contributed by atoms with Gasteiger partial charge in [-0.25, -0.2) is 17.9 Å². The Balaban J connectivity index is 1.15. The zero-order chi connectivity index (χ0) is 49.2. The Hall–Kier alpha value is -7.08. The molecule has 17 nitrogen and oxygen atoms in total. The van der Waals surface area contributed by atoms with E-state index in [0.29, 0.717) is 28.5 Å². The van der Waals surface area contributed by atoms with Gasteiger partial charge in [-0.2, -0.15) is 0 Å². The maximum atomic E-state index is 14.7. The van der Waals surface area contributed by atoms with Gasteiger partial charge in [0.2, 0.25) is 11.8 Å². The van der Waals surface area contributed by atoms with Crippen LogP contribution in [-0.2, 0) is 38.6 Å². The molecule has 2 aliphatic carbocycles. The van der Waals surface area contributed by atoms with Crippen LogP contribution >= 0.6 is 0 Å². The second-order valence-electron chi connectivity index (χ2n) is 17.7. The van der Waals surface area contributed by atoms with Gasteiger partial charge >= 0.3 is 6.09 Å². The van der Waals surface area contributed by atoms with Gasteiger partial charge in [-0.3, -0.25) is 19.4 Å². The molecule has 6 N–H and O–H groups in total. The van der Waals surface area contributed by atoms with Gasteiger partial charge in [0.05, 0.1) is 34.7 Å². The molecule has 366 valence electrons. The van der Waals surface area contributed by atoms with Crippen LogP contribution in [0, 0.1) is 12.8 Å². The quantitative estimate of drug-likeness (QED) is 0.0739. The standard InChI is InChI=1S/C51H59N5O12S/c1-31(2)66-46-27-39(20-22-44(46)58)69(63,64)55-50(61)48(33(4)13-11-23-65-37-18-10-12-32(3)24-37)54-49(60)43-26-38(30-56(43)47(59)29-52-51(62)68-36-16-8-9-17-36)67-45-28-41(34-14-6-5-7-15-34)53-42-25-35(57)19-21-40(42)45/h5-7,10-15,18-19,21,24-25,27,33,36,38,41,43,48,57-58H,1,8-9,16-17,20,22-23,26,28-30H2,2-4H3,(H,52,62)(H,54,60)(H,55,61)/p+1/b13-11-/t33?,38?,41-,43-,48?/m0/s1. The van der Waals surface area contributed by atoms with Crippen molar-refractivity contribution >= 4 is 39.6 Å². The van der Waals surface area contributed by atoms with Crippen molar-refractivity contribution in [2.45, 2.75) is 102 Å². The molecule has 4 amide bonds. The topological polar surface area (TPSA) is 234 Å². The Bertz CT molecular complexity index is 2770. The fourth-order valence-corrected chi connectivity index (χ4v) is 9.90. The molecule has 4 aliphatic rings. The SMILES string of the molecule is C=C(C)OC1=C(O)CCC(S(=O)(=O)NC(=O)C(NC(=O)[C@@H]2CC(OC3=c4ccc([OH2+])cc4=N[C@H](c4ccccc4)C3)CN2C(=O)CNC(=O)OC2CCCC2)C(C)/C=C\COc2cccc(C)c2)=C1. The minimum atomic E-state index is -4.55. The Morgan fingerprint density at radius 2 is 1.78 bits per heavy atom. The number of alkyl carbamates (subject to hydrolysis) is 1. The zero-order valence-corrected chi connectivity index (χ0v) is 39.8. The first-order valence-electron chi connectivity index (χ1n) is 23.1. The van der Waals surface area contributed by atoms with Crippen molar-refractivity contribution in [3.05, 3.63) is 141 Å². The number of carbonyl (C=O) groups excluding carboxylic acids is 4. The first kappa shape index (κ1) is 49.8. The number of amides is 4. The summed E-state index contributed by atoms with van der Waals surface area (Å²) in [5.74, 6) is -1.97. The number of allylic oxidation sites excluding steroid dienone is 4. The van der Waals surface area contributed by atoms with Crippen molar-refractivity contribution in [2.24, 2.45) is 10.9 Å². The van der Waals surface area contributed by atoms with Crippen LogP contribution < -0.4 is 30.7 Å². The zero-order valence-electron chi connectivity index (χ0n) is 38.9. The first-order chi connectivity index (χ1) is 33.0. The Labute approximate surface area is 401 Å². The van der Waals surface area contributed by atoms with Gasteiger partial charge in [-0.1, -0.05) is 68.1 Å². The van der Waals surface area contributed by atoms with Gasteiger partial charge in [0.1, 0.15) is 54.7 Å². The van der Waals surface area contributed by atoms with E-state index in [1.165, 1.54) is 11.8 Å². The minimum absolute atomic E-state index is 0.0397. The minimum Gasteiger partial charge on any atom is -0.593 e. The van der Waals surface area contributed by atoms with Crippen molar-refractivity contribution in [1.82, 2.24) is 20.3 Å². The van der Waals surface area contributed by atoms with Crippen LogP contribution in [0.4, 0.5) is 4.79 Å². The molecule has 3 unspecified atom stereocenters. The van der Waals surface area contributed by atoms with Crippen molar-refractivity contribution < 1.29 is 56.8 Å². The molecule has 2 heterocycles. The van der Waals surface area contributed by atoms with Crippen molar-refractivity contribution in [3.63, 3.8) is 0 Å². The lowest BCUT2D eigenvalue weighted by atomic mass is 9.99. The average molecular weight is 967 g/mol. The van der Waals surface area contributed by atoms with E-state index in [0.717, 1.165) is 42.9 Å². The molecule has 7 rings (SSSR count). The summed E-state index contributed by atoms with van der Waals surface area (Å²) in [7, 11) is -4.55. The summed E-state index contributed by atoms with van der Waals surface area (Å²) in [5.41, 5.74) is 1.92. The molecule has 69 heavy (non-hydrogen) atoms. The molecule has 2 fully saturated rings. The summed E-state index contributed by atoms with van der Waals surface area (Å²) in [5, 5.41) is 25.2. The number of ether oxygens (including phenoxy) is 4. The van der Waals surface area contributed by atoms with Crippen LogP contribution in [0.25, 0.3) is 5.76 Å². The lowest BCUT2D eigenvalue weighted by Gasteiger charge is -2.28. The number of nitrogens with one attached hydrogen (secondary N) is 3. The van der Waals surface area contributed by atoms with Crippen LogP contribution in [0.15, 0.2) is 125 Å². The smallest absolute Gasteiger partial charge is 0.407 e. The number of rotatable bonds is 18. The fraction of sp³-hybridized carbons (Fsp3) is 0.392. The number of benzene rings is 3. The van der Waals surface area contributed by atoms with Crippen LogP contribution in [0.2, 0.25) is 0 Å². The number of aryl methyl sites for hydroxylation is 1. The van der Waals surface area contributed by atoms with E-state index in [1.807, 2.05) is 55.5 Å². The molecule has 1 saturated heterocycles. The number of hydrogen-bond acceptors (Lipinski definition) is 12. The van der Waals surface area contributed by atoms with Gasteiger partial charge in [-0.15, -0.1) is 0 Å². The van der Waals surface area contributed by atoms with Crippen LogP contribution in [-0.4, -0.2) is 91.3 Å². The molecule has 3 aromatic carbocycles. The Morgan fingerprint density at radius 3 is 2.52 bits per heavy atom. The molecule has 0 aromatic heterocycles. The highest BCUT2D eigenvalue weighted by Crippen LogP contribution is 2.32. The number of hydrogen-bond donors (Lipinski definition) is 4. The molecule has 1 saturated carbocycles. The molecule has 2 aliphatic heterocycles. The Kier molecular flexibility index (Phi) is 16.1. The third kappa shape index (κ3) is 13.1. The van der Waals surface area contributed by atoms with E-state index in [9.17, 15) is 32.7 Å². The predicted molar refractivity (Wildman–Crippen MR) is 256 cm³/mol. The molecule has 3 aromatic rings. The Morgan fingerprint density at radius 1 is 1.01 bits per heavy atom. The number of nitrogens with zero attached hydrogens (tertiary/aromatic N) is 2. The van der Waals surface area contributed by atoms with Crippen LogP contribution in [0.1, 0.15) is 82.4 Å². The third-order valence-corrected chi connectivity index (χ3v) is 13.7. The lowest BCUT2D eigenvalue weighted by Crippen LogP contribution is -2.56. The molecule has 5 atom stereocenters. The molecular weight excluding hydrogens is 907 g/mol. The van der Waals surface area contributed by atoms with Gasteiger partial charge < -0.3 is 44.7 Å². The average Bonchev–Trinajstić information content (AvgIpc) is 3.99. The molecule has 0 bridgehead atoms. The first-order valence-corrected chi connectivity index (χ1v) is 24.6. The van der Waals surface area contributed by atoms with Gasteiger partial charge in [0, 0.05) is 42.5 Å². The van der Waals surface area contributed by atoms with E-state index >= 15 is 0 Å². The number of carbonyl (C=O) groups is 4. The van der Waals surface area contributed by atoms with E-state index in [-0.39, 0.29) is 72.5 Å². The predicted octanol–water partition coefficient (Wildman–Crippen LogP) is 5.16. The molecule has 0 spiro atoms. The lowest BCUT2D eigenvalue weighted by molar-refractivity contribution is -0.139. The van der Waals surface area contributed by atoms with Gasteiger partial charge in [-0.05, 0) is 75.3 Å².